The quantitative estimate of drug-likeness (QED) is 0.753. The van der Waals surface area contributed by atoms with Crippen LogP contribution in [-0.4, -0.2) is 23.9 Å². The second-order valence-corrected chi connectivity index (χ2v) is 5.20. The molecule has 2 heteroatoms. The normalized spacial score (nSPS) is 29.1. The van der Waals surface area contributed by atoms with Gasteiger partial charge in [-0.3, -0.25) is 0 Å². The molecule has 0 bridgehead atoms. The summed E-state index contributed by atoms with van der Waals surface area (Å²) in [5, 5.41) is 10.8. The highest BCUT2D eigenvalue weighted by Gasteiger charge is 2.50. The second kappa shape index (κ2) is 3.82. The zero-order valence-corrected chi connectivity index (χ0v) is 9.33. The highest BCUT2D eigenvalue weighted by molar-refractivity contribution is 5.01. The van der Waals surface area contributed by atoms with Crippen LogP contribution >= 0.6 is 0 Å². The Labute approximate surface area is 86.6 Å². The molecule has 1 N–H and O–H groups in total. The first kappa shape index (κ1) is 10.4. The van der Waals surface area contributed by atoms with Crippen molar-refractivity contribution in [3.05, 3.63) is 0 Å². The molecule has 1 heterocycles. The van der Waals surface area contributed by atoms with Gasteiger partial charge in [0.1, 0.15) is 0 Å². The van der Waals surface area contributed by atoms with Crippen LogP contribution in [0.1, 0.15) is 39.5 Å². The fourth-order valence-corrected chi connectivity index (χ4v) is 2.98. The van der Waals surface area contributed by atoms with Gasteiger partial charge in [-0.15, -0.1) is 0 Å². The Bertz CT molecular complexity index is 188. The highest BCUT2D eigenvalue weighted by Crippen LogP contribution is 2.49. The first-order chi connectivity index (χ1) is 6.65. The molecule has 0 spiro atoms. The van der Waals surface area contributed by atoms with Crippen molar-refractivity contribution in [3.63, 3.8) is 0 Å². The molecule has 82 valence electrons. The van der Waals surface area contributed by atoms with Gasteiger partial charge in [-0.2, -0.15) is 0 Å². The fraction of sp³-hybridized carbons (Fsp3) is 1.00. The lowest BCUT2D eigenvalue weighted by Crippen LogP contribution is -2.47. The minimum atomic E-state index is -0.399. The Balaban J connectivity index is 2.08. The maximum absolute atomic E-state index is 10.8. The highest BCUT2D eigenvalue weighted by atomic mass is 16.5. The molecule has 0 radical (unpaired) electrons. The fourth-order valence-electron chi connectivity index (χ4n) is 2.98. The van der Waals surface area contributed by atoms with E-state index >= 15 is 0 Å². The summed E-state index contributed by atoms with van der Waals surface area (Å²) >= 11 is 0. The molecule has 0 aromatic rings. The van der Waals surface area contributed by atoms with Gasteiger partial charge < -0.3 is 9.84 Å². The third-order valence-corrected chi connectivity index (χ3v) is 4.03. The summed E-state index contributed by atoms with van der Waals surface area (Å²) in [5.41, 5.74) is -0.399. The summed E-state index contributed by atoms with van der Waals surface area (Å²) in [5.74, 6) is 1.44. The van der Waals surface area contributed by atoms with Gasteiger partial charge in [-0.25, -0.2) is 0 Å². The van der Waals surface area contributed by atoms with Crippen molar-refractivity contribution in [2.45, 2.75) is 45.1 Å². The SMILES string of the molecule is CC(C)C(O)(C1CCOCC1)C1CC1. The standard InChI is InChI=1S/C12H22O2/c1-9(2)12(13,10-3-4-10)11-5-7-14-8-6-11/h9-11,13H,3-8H2,1-2H3. The summed E-state index contributed by atoms with van der Waals surface area (Å²) in [6.45, 7) is 6.00. The number of hydrogen-bond donors (Lipinski definition) is 1. The topological polar surface area (TPSA) is 29.5 Å². The second-order valence-electron chi connectivity index (χ2n) is 5.20. The minimum Gasteiger partial charge on any atom is -0.389 e. The van der Waals surface area contributed by atoms with Gasteiger partial charge in [0.2, 0.25) is 0 Å². The van der Waals surface area contributed by atoms with Gasteiger partial charge in [0.25, 0.3) is 0 Å². The molecule has 2 rings (SSSR count). The van der Waals surface area contributed by atoms with E-state index in [9.17, 15) is 5.11 Å². The molecule has 1 aliphatic carbocycles. The molecule has 1 unspecified atom stereocenters. The van der Waals surface area contributed by atoms with Crippen LogP contribution in [0.3, 0.4) is 0 Å². The molecule has 1 atom stereocenters. The van der Waals surface area contributed by atoms with Gasteiger partial charge in [-0.1, -0.05) is 13.8 Å². The zero-order valence-electron chi connectivity index (χ0n) is 9.33. The van der Waals surface area contributed by atoms with Crippen molar-refractivity contribution in [2.24, 2.45) is 17.8 Å². The predicted molar refractivity (Wildman–Crippen MR) is 56.1 cm³/mol. The van der Waals surface area contributed by atoms with Gasteiger partial charge in [0.05, 0.1) is 5.60 Å². The van der Waals surface area contributed by atoms with Crippen molar-refractivity contribution < 1.29 is 9.84 Å². The van der Waals surface area contributed by atoms with E-state index in [4.69, 9.17) is 4.74 Å². The number of ether oxygens (including phenoxy) is 1. The van der Waals surface area contributed by atoms with Crippen LogP contribution in [0, 0.1) is 17.8 Å². The van der Waals surface area contributed by atoms with E-state index in [0.29, 0.717) is 17.8 Å². The number of aliphatic hydroxyl groups is 1. The van der Waals surface area contributed by atoms with Crippen LogP contribution in [0.4, 0.5) is 0 Å². The number of rotatable bonds is 3. The molecule has 0 amide bonds. The smallest absolute Gasteiger partial charge is 0.0728 e. The summed E-state index contributed by atoms with van der Waals surface area (Å²) < 4.78 is 5.36. The maximum atomic E-state index is 10.8. The molecule has 1 aliphatic heterocycles. The zero-order chi connectivity index (χ0) is 10.2. The Kier molecular flexibility index (Phi) is 2.85. The van der Waals surface area contributed by atoms with Gasteiger partial charge in [-0.05, 0) is 43.4 Å². The Morgan fingerprint density at radius 2 is 1.57 bits per heavy atom. The minimum absolute atomic E-state index is 0.387. The van der Waals surface area contributed by atoms with Gasteiger partial charge in [0, 0.05) is 13.2 Å². The van der Waals surface area contributed by atoms with Gasteiger partial charge >= 0.3 is 0 Å². The molecule has 2 aliphatic rings. The lowest BCUT2D eigenvalue weighted by molar-refractivity contribution is -0.109. The van der Waals surface area contributed by atoms with Crippen LogP contribution in [0.25, 0.3) is 0 Å². The largest absolute Gasteiger partial charge is 0.389 e. The summed E-state index contributed by atoms with van der Waals surface area (Å²) in [6, 6.07) is 0. The third kappa shape index (κ3) is 1.70. The van der Waals surface area contributed by atoms with E-state index in [1.165, 1.54) is 12.8 Å². The molecule has 1 saturated heterocycles. The molecular formula is C12H22O2. The molecule has 1 saturated carbocycles. The van der Waals surface area contributed by atoms with E-state index in [1.807, 2.05) is 0 Å². The molecule has 0 aromatic carbocycles. The summed E-state index contributed by atoms with van der Waals surface area (Å²) in [6.07, 6.45) is 4.55. The third-order valence-electron chi connectivity index (χ3n) is 4.03. The first-order valence-electron chi connectivity index (χ1n) is 5.95. The molecule has 2 nitrogen and oxygen atoms in total. The monoisotopic (exact) mass is 198 g/mol. The van der Waals surface area contributed by atoms with Crippen LogP contribution in [0.5, 0.6) is 0 Å². The predicted octanol–water partition coefficient (Wildman–Crippen LogP) is 2.21. The van der Waals surface area contributed by atoms with Crippen LogP contribution in [-0.2, 0) is 4.74 Å². The summed E-state index contributed by atoms with van der Waals surface area (Å²) in [4.78, 5) is 0. The Morgan fingerprint density at radius 1 is 1.07 bits per heavy atom. The lowest BCUT2D eigenvalue weighted by atomic mass is 9.71. The van der Waals surface area contributed by atoms with Crippen LogP contribution in [0.2, 0.25) is 0 Å². The van der Waals surface area contributed by atoms with Crippen molar-refractivity contribution in [1.82, 2.24) is 0 Å². The van der Waals surface area contributed by atoms with E-state index in [0.717, 1.165) is 26.1 Å². The molecule has 14 heavy (non-hydrogen) atoms. The van der Waals surface area contributed by atoms with E-state index < -0.39 is 5.60 Å². The van der Waals surface area contributed by atoms with E-state index in [-0.39, 0.29) is 0 Å². The van der Waals surface area contributed by atoms with E-state index in [1.54, 1.807) is 0 Å². The lowest BCUT2D eigenvalue weighted by Gasteiger charge is -2.42. The molecule has 0 aromatic heterocycles. The Hall–Kier alpha value is -0.0800. The van der Waals surface area contributed by atoms with E-state index in [2.05, 4.69) is 13.8 Å². The van der Waals surface area contributed by atoms with Crippen molar-refractivity contribution >= 4 is 0 Å². The average Bonchev–Trinajstić information content (AvgIpc) is 3.01. The summed E-state index contributed by atoms with van der Waals surface area (Å²) in [7, 11) is 0. The number of hydrogen-bond acceptors (Lipinski definition) is 2. The first-order valence-corrected chi connectivity index (χ1v) is 5.95. The van der Waals surface area contributed by atoms with Crippen molar-refractivity contribution in [2.75, 3.05) is 13.2 Å². The molecule has 2 fully saturated rings. The van der Waals surface area contributed by atoms with Crippen LogP contribution < -0.4 is 0 Å². The van der Waals surface area contributed by atoms with Crippen molar-refractivity contribution in [1.29, 1.82) is 0 Å². The maximum Gasteiger partial charge on any atom is 0.0728 e. The molecular weight excluding hydrogens is 176 g/mol. The Morgan fingerprint density at radius 3 is 2.00 bits per heavy atom. The van der Waals surface area contributed by atoms with Crippen molar-refractivity contribution in [3.8, 4) is 0 Å². The van der Waals surface area contributed by atoms with Crippen LogP contribution in [0.15, 0.2) is 0 Å². The average molecular weight is 198 g/mol. The van der Waals surface area contributed by atoms with Gasteiger partial charge in [0.15, 0.2) is 0 Å².